The Morgan fingerprint density at radius 3 is 1.53 bits per heavy atom. The number of esters is 2. The number of nitrogens with zero attached hydrogens (tertiary/aromatic N) is 3. The summed E-state index contributed by atoms with van der Waals surface area (Å²) in [5, 5.41) is 56.6. The fraction of sp³-hybridized carbons (Fsp3) is 0.941. The van der Waals surface area contributed by atoms with E-state index in [9.17, 15) is 39.9 Å². The molecule has 0 aromatic rings. The summed E-state index contributed by atoms with van der Waals surface area (Å²) in [5.41, 5.74) is 4.23. The summed E-state index contributed by atoms with van der Waals surface area (Å²) in [6.07, 6.45) is -11.2. The zero-order valence-corrected chi connectivity index (χ0v) is 48.7. The van der Waals surface area contributed by atoms with Crippen molar-refractivity contribution in [2.24, 2.45) is 16.6 Å². The van der Waals surface area contributed by atoms with Gasteiger partial charge in [-0.3, -0.25) is 24.2 Å². The molecule has 2 saturated heterocycles. The van der Waals surface area contributed by atoms with Gasteiger partial charge in [-0.05, 0) is 76.7 Å². The molecule has 0 aromatic carbocycles. The molecule has 74 heavy (non-hydrogen) atoms. The number of rotatable bonds is 34. The monoisotopic (exact) mass is 1100 g/mol. The molecular formula is C51H99N5O16S2. The lowest BCUT2D eigenvalue weighted by Gasteiger charge is -2.44. The highest BCUT2D eigenvalue weighted by Crippen LogP contribution is 2.29. The number of carbonyl (C=O) groups excluding carboxylic acids is 3. The zero-order chi connectivity index (χ0) is 55.9. The third kappa shape index (κ3) is 28.9. The summed E-state index contributed by atoms with van der Waals surface area (Å²) in [6, 6.07) is 0. The van der Waals surface area contributed by atoms with Gasteiger partial charge >= 0.3 is 11.9 Å². The Kier molecular flexibility index (Phi) is 31.4. The quantitative estimate of drug-likeness (QED) is 0.0354. The highest BCUT2D eigenvalue weighted by Gasteiger charge is 2.49. The average Bonchev–Trinajstić information content (AvgIpc) is 3.26. The van der Waals surface area contributed by atoms with Crippen molar-refractivity contribution in [2.45, 2.75) is 169 Å². The number of thioether (sulfide) groups is 2. The predicted octanol–water partition coefficient (Wildman–Crippen LogP) is 1.31. The van der Waals surface area contributed by atoms with Crippen molar-refractivity contribution >= 4 is 41.4 Å². The third-order valence-corrected chi connectivity index (χ3v) is 13.4. The Bertz CT molecular complexity index is 1540. The van der Waals surface area contributed by atoms with Crippen molar-refractivity contribution in [3.63, 3.8) is 0 Å². The lowest BCUT2D eigenvalue weighted by Crippen LogP contribution is -2.62. The molecule has 8 N–H and O–H groups in total. The van der Waals surface area contributed by atoms with E-state index in [0.29, 0.717) is 70.2 Å². The second-order valence-corrected chi connectivity index (χ2v) is 26.0. The normalized spacial score (nSPS) is 25.2. The number of nitrogens with two attached hydrogens (primary N) is 1. The topological polar surface area (TPSA) is 274 Å². The van der Waals surface area contributed by atoms with Gasteiger partial charge in [0.15, 0.2) is 12.6 Å². The maximum Gasteiger partial charge on any atom is 0.320 e. The minimum absolute atomic E-state index is 0.0475. The second kappa shape index (κ2) is 33.8. The third-order valence-electron chi connectivity index (χ3n) is 11.2. The van der Waals surface area contributed by atoms with Crippen molar-refractivity contribution in [1.29, 1.82) is 0 Å². The number of carbonyl (C=O) groups is 3. The summed E-state index contributed by atoms with van der Waals surface area (Å²) in [5.74, 6) is 1.80. The van der Waals surface area contributed by atoms with E-state index in [2.05, 4.69) is 56.7 Å². The molecule has 2 rings (SSSR count). The van der Waals surface area contributed by atoms with Gasteiger partial charge in [-0.15, -0.1) is 0 Å². The Morgan fingerprint density at radius 2 is 1.05 bits per heavy atom. The fourth-order valence-electron chi connectivity index (χ4n) is 8.26. The van der Waals surface area contributed by atoms with Crippen LogP contribution in [-0.4, -0.2) is 259 Å². The van der Waals surface area contributed by atoms with E-state index in [1.807, 2.05) is 0 Å². The maximum absolute atomic E-state index is 13.5. The van der Waals surface area contributed by atoms with Crippen molar-refractivity contribution < 1.29 is 77.8 Å². The summed E-state index contributed by atoms with van der Waals surface area (Å²) < 4.78 is 46.2. The van der Waals surface area contributed by atoms with Gasteiger partial charge in [0.05, 0.1) is 32.8 Å². The number of hydrogen-bond donors (Lipinski definition) is 7. The smallest absolute Gasteiger partial charge is 0.320 e. The van der Waals surface area contributed by atoms with Gasteiger partial charge in [-0.1, -0.05) is 41.5 Å². The molecule has 0 saturated carbocycles. The minimum Gasteiger partial charge on any atom is -0.459 e. The summed E-state index contributed by atoms with van der Waals surface area (Å²) >= 11 is 3.28. The van der Waals surface area contributed by atoms with E-state index in [0.717, 1.165) is 24.6 Å². The maximum atomic E-state index is 13.5. The van der Waals surface area contributed by atoms with Gasteiger partial charge in [0.25, 0.3) is 0 Å². The highest BCUT2D eigenvalue weighted by molar-refractivity contribution is 7.99. The van der Waals surface area contributed by atoms with E-state index in [1.165, 1.54) is 7.11 Å². The first kappa shape index (κ1) is 68.6. The summed E-state index contributed by atoms with van der Waals surface area (Å²) in [4.78, 5) is 45.7. The van der Waals surface area contributed by atoms with Crippen LogP contribution in [0.2, 0.25) is 0 Å². The fourth-order valence-corrected chi connectivity index (χ4v) is 9.72. The van der Waals surface area contributed by atoms with E-state index in [1.54, 1.807) is 70.0 Å². The summed E-state index contributed by atoms with van der Waals surface area (Å²) in [6.45, 7) is 28.1. The molecule has 2 heterocycles. The van der Waals surface area contributed by atoms with Gasteiger partial charge in [-0.25, -0.2) is 0 Å². The standard InChI is InChI=1S/C51H99N5O16S2/c1-48(2,3)33-56(34-49(4,5)6)21-19-54(18-20-55(29-38(59)71-50(7,8)9)30-39(60)72-51(10,11)12)28-37(58)53-17-27-74-25-15-23-67-45-42(63)40(61)35(31-57)69-47(45)68-32-36-41(62)43(64)44(46(65-13)70-36)66-22-14-24-73-26-16-52/h35-36,40-47,57,61-64H,14-34,52H2,1-13H3,(H,53,58)/t35-,36-,40-,41-,42+,43+,44-,45-,46+,47+/m1/s1. The average molecular weight is 1100 g/mol. The number of methoxy groups -OCH3 is 1. The zero-order valence-electron chi connectivity index (χ0n) is 47.1. The minimum atomic E-state index is -1.48. The van der Waals surface area contributed by atoms with Crippen LogP contribution < -0.4 is 11.1 Å². The van der Waals surface area contributed by atoms with Crippen LogP contribution in [0.1, 0.15) is 95.9 Å². The molecule has 0 aliphatic carbocycles. The molecule has 0 bridgehead atoms. The van der Waals surface area contributed by atoms with E-state index >= 15 is 0 Å². The second-order valence-electron chi connectivity index (χ2n) is 23.5. The number of amides is 1. The van der Waals surface area contributed by atoms with Crippen LogP contribution >= 0.6 is 23.5 Å². The van der Waals surface area contributed by atoms with Crippen LogP contribution in [-0.2, 0) is 52.3 Å². The van der Waals surface area contributed by atoms with E-state index in [-0.39, 0.29) is 49.6 Å². The van der Waals surface area contributed by atoms with Gasteiger partial charge in [-0.2, -0.15) is 23.5 Å². The molecule has 21 nitrogen and oxygen atoms in total. The molecule has 436 valence electrons. The van der Waals surface area contributed by atoms with Crippen molar-refractivity contribution in [1.82, 2.24) is 20.0 Å². The SMILES string of the molecule is CO[C@H]1O[C@H](CO[C@H]2O[C@H](CO)[C@@H](O)[C@H](O)[C@H]2OCCCSCCNC(=O)CN(CCN(CC(=O)OC(C)(C)C)CC(=O)OC(C)(C)C)CCN(CC(C)(C)C)CC(C)(C)C)[C@@H](O)[C@H](O)[C@H]1OCCCSCCN. The Labute approximate surface area is 451 Å². The molecule has 10 atom stereocenters. The first-order valence-corrected chi connectivity index (χ1v) is 28.5. The van der Waals surface area contributed by atoms with E-state index < -0.39 is 91.2 Å². The molecule has 1 amide bonds. The van der Waals surface area contributed by atoms with Gasteiger partial charge in [0.1, 0.15) is 60.0 Å². The van der Waals surface area contributed by atoms with Crippen molar-refractivity contribution in [3.8, 4) is 0 Å². The van der Waals surface area contributed by atoms with Gasteiger partial charge < -0.3 is 79.4 Å². The number of aliphatic hydroxyl groups is 5. The molecule has 2 aliphatic heterocycles. The lowest BCUT2D eigenvalue weighted by atomic mass is 9.92. The first-order chi connectivity index (χ1) is 34.4. The summed E-state index contributed by atoms with van der Waals surface area (Å²) in [7, 11) is 1.39. The number of hydrogen-bond acceptors (Lipinski definition) is 22. The largest absolute Gasteiger partial charge is 0.459 e. The van der Waals surface area contributed by atoms with Crippen molar-refractivity contribution in [3.05, 3.63) is 0 Å². The molecule has 0 spiro atoms. The Hall–Kier alpha value is -1.49. The van der Waals surface area contributed by atoms with Crippen LogP contribution in [0.5, 0.6) is 0 Å². The predicted molar refractivity (Wildman–Crippen MR) is 287 cm³/mol. The van der Waals surface area contributed by atoms with Crippen LogP contribution in [0.3, 0.4) is 0 Å². The first-order valence-electron chi connectivity index (χ1n) is 26.2. The molecule has 23 heteroatoms. The molecule has 0 unspecified atom stereocenters. The molecular weight excluding hydrogens is 1000 g/mol. The van der Waals surface area contributed by atoms with Crippen molar-refractivity contribution in [2.75, 3.05) is 129 Å². The van der Waals surface area contributed by atoms with Crippen LogP contribution in [0.4, 0.5) is 0 Å². The van der Waals surface area contributed by atoms with Gasteiger partial charge in [0.2, 0.25) is 5.91 Å². The number of ether oxygens (including phenoxy) is 8. The number of aliphatic hydroxyl groups excluding tert-OH is 5. The van der Waals surface area contributed by atoms with Crippen LogP contribution in [0.25, 0.3) is 0 Å². The van der Waals surface area contributed by atoms with E-state index in [4.69, 9.17) is 43.6 Å². The van der Waals surface area contributed by atoms with Crippen LogP contribution in [0.15, 0.2) is 0 Å². The van der Waals surface area contributed by atoms with Crippen LogP contribution in [0, 0.1) is 10.8 Å². The Balaban J connectivity index is 2.01. The van der Waals surface area contributed by atoms with Gasteiger partial charge in [0, 0.05) is 84.2 Å². The lowest BCUT2D eigenvalue weighted by molar-refractivity contribution is -0.335. The highest BCUT2D eigenvalue weighted by atomic mass is 32.2. The molecule has 2 aliphatic rings. The Morgan fingerprint density at radius 1 is 0.595 bits per heavy atom. The molecule has 2 fully saturated rings. The molecule has 0 radical (unpaired) electrons. The number of nitrogens with one attached hydrogen (secondary N) is 1. The molecule has 0 aromatic heterocycles.